The summed E-state index contributed by atoms with van der Waals surface area (Å²) >= 11 is 5.80. The molecule has 1 aromatic rings. The summed E-state index contributed by atoms with van der Waals surface area (Å²) in [6, 6.07) is 1.36. The first kappa shape index (κ1) is 11.5. The lowest BCUT2D eigenvalue weighted by molar-refractivity contribution is 0.110. The van der Waals surface area contributed by atoms with Crippen LogP contribution in [0.25, 0.3) is 0 Å². The maximum absolute atomic E-state index is 10.8. The smallest absolute Gasteiger partial charge is 0.173 e. The third-order valence-electron chi connectivity index (χ3n) is 1.91. The Hall–Kier alpha value is -1.55. The normalized spacial score (nSPS) is 9.53. The van der Waals surface area contributed by atoms with E-state index >= 15 is 0 Å². The van der Waals surface area contributed by atoms with E-state index in [1.165, 1.54) is 20.3 Å². The lowest BCUT2D eigenvalue weighted by Gasteiger charge is -2.12. The fraction of sp³-hybridized carbons (Fsp3) is 0.200. The standard InChI is InChI=1S/C10H9ClO4/c1-14-9-6(4-12)3-8(11)7(5-13)10(9)15-2/h3-5H,1-2H3. The van der Waals surface area contributed by atoms with Crippen molar-refractivity contribution in [1.29, 1.82) is 0 Å². The fourth-order valence-electron chi connectivity index (χ4n) is 1.25. The predicted octanol–water partition coefficient (Wildman–Crippen LogP) is 1.98. The van der Waals surface area contributed by atoms with Crippen LogP contribution in [0.5, 0.6) is 11.5 Å². The van der Waals surface area contributed by atoms with Gasteiger partial charge in [-0.2, -0.15) is 0 Å². The van der Waals surface area contributed by atoms with E-state index in [1.807, 2.05) is 0 Å². The number of ether oxygens (including phenoxy) is 2. The number of benzene rings is 1. The molecule has 0 bridgehead atoms. The molecule has 0 amide bonds. The van der Waals surface area contributed by atoms with Crippen molar-refractivity contribution in [2.75, 3.05) is 14.2 Å². The van der Waals surface area contributed by atoms with Crippen molar-refractivity contribution >= 4 is 24.2 Å². The number of rotatable bonds is 4. The molecule has 0 saturated carbocycles. The molecule has 4 nitrogen and oxygen atoms in total. The van der Waals surface area contributed by atoms with E-state index in [2.05, 4.69) is 0 Å². The Kier molecular flexibility index (Phi) is 3.68. The van der Waals surface area contributed by atoms with Gasteiger partial charge in [0, 0.05) is 0 Å². The van der Waals surface area contributed by atoms with Crippen LogP contribution in [0.4, 0.5) is 0 Å². The highest BCUT2D eigenvalue weighted by atomic mass is 35.5. The van der Waals surface area contributed by atoms with Gasteiger partial charge in [0.2, 0.25) is 0 Å². The summed E-state index contributed by atoms with van der Waals surface area (Å²) in [5.41, 5.74) is 0.409. The zero-order valence-corrected chi connectivity index (χ0v) is 9.00. The first-order chi connectivity index (χ1) is 7.19. The molecular formula is C10H9ClO4. The Bertz CT molecular complexity index is 401. The SMILES string of the molecule is COc1c(C=O)cc(Cl)c(C=O)c1OC. The van der Waals surface area contributed by atoms with Gasteiger partial charge >= 0.3 is 0 Å². The lowest BCUT2D eigenvalue weighted by Crippen LogP contribution is -2.00. The van der Waals surface area contributed by atoms with Crippen LogP contribution in [0, 0.1) is 0 Å². The van der Waals surface area contributed by atoms with Gasteiger partial charge in [0.05, 0.1) is 30.4 Å². The van der Waals surface area contributed by atoms with Crippen LogP contribution in [0.15, 0.2) is 6.07 Å². The van der Waals surface area contributed by atoms with Crippen molar-refractivity contribution in [3.63, 3.8) is 0 Å². The third-order valence-corrected chi connectivity index (χ3v) is 2.22. The maximum Gasteiger partial charge on any atom is 0.173 e. The maximum atomic E-state index is 10.8. The van der Waals surface area contributed by atoms with Gasteiger partial charge in [-0.1, -0.05) is 11.6 Å². The van der Waals surface area contributed by atoms with Crippen LogP contribution < -0.4 is 9.47 Å². The summed E-state index contributed by atoms with van der Waals surface area (Å²) in [5.74, 6) is 0.376. The zero-order chi connectivity index (χ0) is 11.4. The number of hydrogen-bond donors (Lipinski definition) is 0. The van der Waals surface area contributed by atoms with Gasteiger partial charge in [0.25, 0.3) is 0 Å². The molecule has 0 aliphatic heterocycles. The van der Waals surface area contributed by atoms with E-state index in [0.717, 1.165) is 0 Å². The second kappa shape index (κ2) is 4.79. The monoisotopic (exact) mass is 228 g/mol. The van der Waals surface area contributed by atoms with E-state index in [0.29, 0.717) is 12.6 Å². The number of methoxy groups -OCH3 is 2. The summed E-state index contributed by atoms with van der Waals surface area (Å²) in [6.07, 6.45) is 1.14. The molecule has 0 radical (unpaired) electrons. The predicted molar refractivity (Wildman–Crippen MR) is 55.3 cm³/mol. The Morgan fingerprint density at radius 1 is 1.13 bits per heavy atom. The molecular weight excluding hydrogens is 220 g/mol. The highest BCUT2D eigenvalue weighted by Gasteiger charge is 2.17. The number of carbonyl (C=O) groups is 2. The molecule has 0 aliphatic rings. The van der Waals surface area contributed by atoms with Crippen molar-refractivity contribution < 1.29 is 19.1 Å². The quantitative estimate of drug-likeness (QED) is 0.740. The molecule has 80 valence electrons. The molecule has 0 atom stereocenters. The average molecular weight is 229 g/mol. The average Bonchev–Trinajstić information content (AvgIpc) is 2.27. The van der Waals surface area contributed by atoms with Crippen LogP contribution in [-0.4, -0.2) is 26.8 Å². The van der Waals surface area contributed by atoms with Crippen LogP contribution >= 0.6 is 11.6 Å². The number of aldehydes is 2. The second-order valence-electron chi connectivity index (χ2n) is 2.66. The van der Waals surface area contributed by atoms with Crippen molar-refractivity contribution in [2.45, 2.75) is 0 Å². The van der Waals surface area contributed by atoms with E-state index in [4.69, 9.17) is 21.1 Å². The minimum Gasteiger partial charge on any atom is -0.492 e. The van der Waals surface area contributed by atoms with Crippen LogP contribution in [0.1, 0.15) is 20.7 Å². The first-order valence-electron chi connectivity index (χ1n) is 4.04. The molecule has 0 unspecified atom stereocenters. The minimum atomic E-state index is 0.157. The van der Waals surface area contributed by atoms with Gasteiger partial charge in [-0.15, -0.1) is 0 Å². The summed E-state index contributed by atoms with van der Waals surface area (Å²) in [7, 11) is 2.75. The summed E-state index contributed by atoms with van der Waals surface area (Å²) < 4.78 is 9.96. The van der Waals surface area contributed by atoms with Gasteiger partial charge < -0.3 is 9.47 Å². The molecule has 0 spiro atoms. The molecule has 0 N–H and O–H groups in total. The zero-order valence-electron chi connectivity index (χ0n) is 8.24. The molecule has 0 heterocycles. The first-order valence-corrected chi connectivity index (χ1v) is 4.42. The fourth-order valence-corrected chi connectivity index (χ4v) is 1.50. The van der Waals surface area contributed by atoms with Crippen molar-refractivity contribution in [2.24, 2.45) is 0 Å². The molecule has 0 aliphatic carbocycles. The molecule has 5 heteroatoms. The molecule has 0 saturated heterocycles. The Morgan fingerprint density at radius 2 is 1.73 bits per heavy atom. The van der Waals surface area contributed by atoms with Crippen LogP contribution in [-0.2, 0) is 0 Å². The molecule has 0 fully saturated rings. The van der Waals surface area contributed by atoms with Gasteiger partial charge in [-0.05, 0) is 6.07 Å². The number of halogens is 1. The number of hydrogen-bond acceptors (Lipinski definition) is 4. The summed E-state index contributed by atoms with van der Waals surface area (Å²) in [4.78, 5) is 21.5. The van der Waals surface area contributed by atoms with Crippen LogP contribution in [0.2, 0.25) is 5.02 Å². The van der Waals surface area contributed by atoms with Gasteiger partial charge in [0.15, 0.2) is 24.1 Å². The van der Waals surface area contributed by atoms with E-state index in [1.54, 1.807) is 0 Å². The Balaban J connectivity index is 3.58. The Labute approximate surface area is 91.7 Å². The second-order valence-corrected chi connectivity index (χ2v) is 3.07. The van der Waals surface area contributed by atoms with E-state index in [-0.39, 0.29) is 27.6 Å². The summed E-state index contributed by atoms with van der Waals surface area (Å²) in [6.45, 7) is 0. The summed E-state index contributed by atoms with van der Waals surface area (Å²) in [5, 5.41) is 0.157. The molecule has 1 rings (SSSR count). The topological polar surface area (TPSA) is 52.6 Å². The van der Waals surface area contributed by atoms with Gasteiger partial charge in [-0.3, -0.25) is 9.59 Å². The van der Waals surface area contributed by atoms with E-state index in [9.17, 15) is 9.59 Å². The molecule has 1 aromatic carbocycles. The minimum absolute atomic E-state index is 0.157. The highest BCUT2D eigenvalue weighted by molar-refractivity contribution is 6.33. The van der Waals surface area contributed by atoms with E-state index < -0.39 is 0 Å². The third kappa shape index (κ3) is 1.94. The van der Waals surface area contributed by atoms with Crippen molar-refractivity contribution in [3.05, 3.63) is 22.2 Å². The number of carbonyl (C=O) groups excluding carboxylic acids is 2. The molecule has 0 aromatic heterocycles. The molecule has 15 heavy (non-hydrogen) atoms. The highest BCUT2D eigenvalue weighted by Crippen LogP contribution is 2.37. The van der Waals surface area contributed by atoms with Gasteiger partial charge in [-0.25, -0.2) is 0 Å². The largest absolute Gasteiger partial charge is 0.492 e. The lowest BCUT2D eigenvalue weighted by atomic mass is 10.1. The van der Waals surface area contributed by atoms with Gasteiger partial charge in [0.1, 0.15) is 0 Å². The van der Waals surface area contributed by atoms with Crippen molar-refractivity contribution in [1.82, 2.24) is 0 Å². The Morgan fingerprint density at radius 3 is 2.13 bits per heavy atom. The van der Waals surface area contributed by atoms with Crippen LogP contribution in [0.3, 0.4) is 0 Å². The van der Waals surface area contributed by atoms with Crippen molar-refractivity contribution in [3.8, 4) is 11.5 Å².